The molecule has 136 valence electrons. The van der Waals surface area contributed by atoms with Gasteiger partial charge in [-0.25, -0.2) is 0 Å². The fraction of sp³-hybridized carbons (Fsp3) is 0.700. The number of ether oxygens (including phenoxy) is 2. The van der Waals surface area contributed by atoms with Crippen LogP contribution in [0.25, 0.3) is 0 Å². The molecule has 3 rings (SSSR count). The van der Waals surface area contributed by atoms with Crippen molar-refractivity contribution in [1.29, 1.82) is 0 Å². The van der Waals surface area contributed by atoms with Gasteiger partial charge in [0.1, 0.15) is 0 Å². The molecule has 0 saturated heterocycles. The second kappa shape index (κ2) is 9.53. The minimum atomic E-state index is 0. The molecule has 0 radical (unpaired) electrons. The minimum Gasteiger partial charge on any atom is -0.490 e. The van der Waals surface area contributed by atoms with Gasteiger partial charge in [-0.2, -0.15) is 0 Å². The first-order valence-electron chi connectivity index (χ1n) is 9.47. The van der Waals surface area contributed by atoms with E-state index >= 15 is 0 Å². The standard InChI is InChI=1S/C20H31NO2.ClH/c1-3-22-19-13-16-10-11-21-18(12-15-8-6-5-7-9-15)17(16)14-20(19)23-4-2;/h13-15,18,21H,3-12H2,1-2H3;1H. The Balaban J connectivity index is 0.00000208. The van der Waals surface area contributed by atoms with Crippen molar-refractivity contribution in [2.45, 2.75) is 64.8 Å². The second-order valence-electron chi connectivity index (χ2n) is 6.86. The van der Waals surface area contributed by atoms with Crippen molar-refractivity contribution in [2.24, 2.45) is 5.92 Å². The van der Waals surface area contributed by atoms with E-state index in [1.807, 2.05) is 13.8 Å². The summed E-state index contributed by atoms with van der Waals surface area (Å²) in [6.45, 7) is 6.50. The molecule has 0 aromatic heterocycles. The molecule has 1 atom stereocenters. The predicted molar refractivity (Wildman–Crippen MR) is 102 cm³/mol. The van der Waals surface area contributed by atoms with Gasteiger partial charge in [0.2, 0.25) is 0 Å². The first kappa shape index (κ1) is 19.4. The maximum atomic E-state index is 5.84. The molecule has 1 N–H and O–H groups in total. The highest BCUT2D eigenvalue weighted by Gasteiger charge is 2.26. The Kier molecular flexibility index (Phi) is 7.70. The molecule has 3 nitrogen and oxygen atoms in total. The zero-order valence-corrected chi connectivity index (χ0v) is 15.9. The van der Waals surface area contributed by atoms with Gasteiger partial charge in [-0.15, -0.1) is 12.4 Å². The molecule has 0 amide bonds. The highest BCUT2D eigenvalue weighted by molar-refractivity contribution is 5.85. The molecule has 1 unspecified atom stereocenters. The Morgan fingerprint density at radius 1 is 1.00 bits per heavy atom. The monoisotopic (exact) mass is 353 g/mol. The molecule has 4 heteroatoms. The fourth-order valence-corrected chi connectivity index (χ4v) is 4.15. The van der Waals surface area contributed by atoms with Gasteiger partial charge in [-0.05, 0) is 62.4 Å². The van der Waals surface area contributed by atoms with Gasteiger partial charge in [-0.1, -0.05) is 32.1 Å². The summed E-state index contributed by atoms with van der Waals surface area (Å²) in [7, 11) is 0. The lowest BCUT2D eigenvalue weighted by molar-refractivity contribution is 0.281. The number of nitrogens with one attached hydrogen (secondary N) is 1. The van der Waals surface area contributed by atoms with Crippen molar-refractivity contribution in [3.63, 3.8) is 0 Å². The van der Waals surface area contributed by atoms with Gasteiger partial charge >= 0.3 is 0 Å². The Morgan fingerprint density at radius 3 is 2.33 bits per heavy atom. The highest BCUT2D eigenvalue weighted by atomic mass is 35.5. The van der Waals surface area contributed by atoms with Crippen LogP contribution in [0, 0.1) is 5.92 Å². The summed E-state index contributed by atoms with van der Waals surface area (Å²) in [5.41, 5.74) is 2.88. The van der Waals surface area contributed by atoms with Crippen LogP contribution in [0.1, 0.15) is 69.5 Å². The van der Waals surface area contributed by atoms with Crippen molar-refractivity contribution < 1.29 is 9.47 Å². The average Bonchev–Trinajstić information content (AvgIpc) is 2.57. The van der Waals surface area contributed by atoms with Gasteiger partial charge in [0.15, 0.2) is 11.5 Å². The molecule has 0 spiro atoms. The lowest BCUT2D eigenvalue weighted by Gasteiger charge is -2.32. The number of hydrogen-bond acceptors (Lipinski definition) is 3. The number of benzene rings is 1. The topological polar surface area (TPSA) is 30.5 Å². The number of hydrogen-bond donors (Lipinski definition) is 1. The van der Waals surface area contributed by atoms with Crippen LogP contribution in [0.3, 0.4) is 0 Å². The van der Waals surface area contributed by atoms with Crippen molar-refractivity contribution in [3.8, 4) is 11.5 Å². The Bertz CT molecular complexity index is 515. The molecule has 1 aliphatic heterocycles. The quantitative estimate of drug-likeness (QED) is 0.775. The summed E-state index contributed by atoms with van der Waals surface area (Å²) in [6, 6.07) is 4.94. The van der Waals surface area contributed by atoms with Gasteiger partial charge < -0.3 is 14.8 Å². The molecule has 1 aliphatic carbocycles. The molecule has 1 heterocycles. The highest BCUT2D eigenvalue weighted by Crippen LogP contribution is 2.39. The first-order chi connectivity index (χ1) is 11.3. The van der Waals surface area contributed by atoms with Crippen LogP contribution in [-0.2, 0) is 6.42 Å². The van der Waals surface area contributed by atoms with Crippen LogP contribution in [0.4, 0.5) is 0 Å². The molecule has 1 saturated carbocycles. The molecule has 24 heavy (non-hydrogen) atoms. The first-order valence-corrected chi connectivity index (χ1v) is 9.47. The van der Waals surface area contributed by atoms with E-state index < -0.39 is 0 Å². The summed E-state index contributed by atoms with van der Waals surface area (Å²) in [6.07, 6.45) is 9.42. The molecule has 1 aromatic rings. The van der Waals surface area contributed by atoms with E-state index in [-0.39, 0.29) is 12.4 Å². The number of rotatable bonds is 6. The average molecular weight is 354 g/mol. The Labute approximate surface area is 152 Å². The zero-order chi connectivity index (χ0) is 16.1. The van der Waals surface area contributed by atoms with Gasteiger partial charge in [-0.3, -0.25) is 0 Å². The van der Waals surface area contributed by atoms with Crippen molar-refractivity contribution in [1.82, 2.24) is 5.32 Å². The maximum Gasteiger partial charge on any atom is 0.161 e. The lowest BCUT2D eigenvalue weighted by atomic mass is 9.81. The van der Waals surface area contributed by atoms with Gasteiger partial charge in [0, 0.05) is 6.04 Å². The molecular weight excluding hydrogens is 322 g/mol. The summed E-state index contributed by atoms with van der Waals surface area (Å²) in [5.74, 6) is 2.70. The summed E-state index contributed by atoms with van der Waals surface area (Å²) in [5, 5.41) is 3.75. The van der Waals surface area contributed by atoms with Crippen molar-refractivity contribution in [3.05, 3.63) is 23.3 Å². The summed E-state index contributed by atoms with van der Waals surface area (Å²) in [4.78, 5) is 0. The van der Waals surface area contributed by atoms with Crippen LogP contribution in [0.5, 0.6) is 11.5 Å². The molecular formula is C20H32ClNO2. The zero-order valence-electron chi connectivity index (χ0n) is 15.1. The second-order valence-corrected chi connectivity index (χ2v) is 6.86. The Hall–Kier alpha value is -0.930. The smallest absolute Gasteiger partial charge is 0.161 e. The van der Waals surface area contributed by atoms with E-state index in [2.05, 4.69) is 17.4 Å². The third kappa shape index (κ3) is 4.58. The molecule has 1 aromatic carbocycles. The van der Waals surface area contributed by atoms with Gasteiger partial charge in [0.25, 0.3) is 0 Å². The van der Waals surface area contributed by atoms with E-state index in [4.69, 9.17) is 9.47 Å². The lowest BCUT2D eigenvalue weighted by Crippen LogP contribution is -2.31. The summed E-state index contributed by atoms with van der Waals surface area (Å²) >= 11 is 0. The van der Waals surface area contributed by atoms with E-state index in [1.165, 1.54) is 49.7 Å². The van der Waals surface area contributed by atoms with Crippen molar-refractivity contribution in [2.75, 3.05) is 19.8 Å². The van der Waals surface area contributed by atoms with Crippen LogP contribution in [0.15, 0.2) is 12.1 Å². The SMILES string of the molecule is CCOc1cc2c(cc1OCC)C(CC1CCCCC1)NCC2.Cl. The fourth-order valence-electron chi connectivity index (χ4n) is 4.15. The third-order valence-corrected chi connectivity index (χ3v) is 5.26. The van der Waals surface area contributed by atoms with Crippen LogP contribution >= 0.6 is 12.4 Å². The van der Waals surface area contributed by atoms with E-state index in [9.17, 15) is 0 Å². The third-order valence-electron chi connectivity index (χ3n) is 5.26. The van der Waals surface area contributed by atoms with Crippen molar-refractivity contribution >= 4 is 12.4 Å². The van der Waals surface area contributed by atoms with Gasteiger partial charge in [0.05, 0.1) is 13.2 Å². The van der Waals surface area contributed by atoms with Crippen LogP contribution in [0.2, 0.25) is 0 Å². The molecule has 1 fully saturated rings. The van der Waals surface area contributed by atoms with E-state index in [0.717, 1.165) is 30.4 Å². The largest absolute Gasteiger partial charge is 0.490 e. The van der Waals surface area contributed by atoms with E-state index in [0.29, 0.717) is 19.3 Å². The normalized spacial score (nSPS) is 20.8. The number of fused-ring (bicyclic) bond motifs is 1. The Morgan fingerprint density at radius 2 is 1.67 bits per heavy atom. The van der Waals surface area contributed by atoms with Crippen LogP contribution < -0.4 is 14.8 Å². The molecule has 0 bridgehead atoms. The van der Waals surface area contributed by atoms with E-state index in [1.54, 1.807) is 0 Å². The predicted octanol–water partition coefficient (Wildman–Crippen LogP) is 5.06. The number of halogens is 1. The van der Waals surface area contributed by atoms with Crippen LogP contribution in [-0.4, -0.2) is 19.8 Å². The molecule has 2 aliphatic rings. The minimum absolute atomic E-state index is 0. The summed E-state index contributed by atoms with van der Waals surface area (Å²) < 4.78 is 11.6. The maximum absolute atomic E-state index is 5.84.